The molecule has 0 aromatic heterocycles. The molecule has 0 aromatic carbocycles. The van der Waals surface area contributed by atoms with E-state index < -0.39 is 5.97 Å². The topological polar surface area (TPSA) is 81.1 Å². The van der Waals surface area contributed by atoms with Crippen LogP contribution in [0.25, 0.3) is 0 Å². The first-order chi connectivity index (χ1) is 9.11. The van der Waals surface area contributed by atoms with Gasteiger partial charge in [0.15, 0.2) is 0 Å². The Morgan fingerprint density at radius 2 is 2.00 bits per heavy atom. The normalized spacial score (nSPS) is 23.2. The molecular weight excluding hydrogens is 248 g/mol. The molecule has 0 spiro atoms. The summed E-state index contributed by atoms with van der Waals surface area (Å²) < 4.78 is 0. The van der Waals surface area contributed by atoms with E-state index in [2.05, 4.69) is 0 Å². The van der Waals surface area contributed by atoms with Crippen LogP contribution in [-0.2, 0) is 4.79 Å². The largest absolute Gasteiger partial charge is 0.481 e. The second-order valence-electron chi connectivity index (χ2n) is 5.48. The summed E-state index contributed by atoms with van der Waals surface area (Å²) in [6.07, 6.45) is 3.89. The predicted molar refractivity (Wildman–Crippen MR) is 68.8 cm³/mol. The van der Waals surface area contributed by atoms with Gasteiger partial charge in [-0.15, -0.1) is 0 Å². The molecule has 1 heterocycles. The van der Waals surface area contributed by atoms with Crippen LogP contribution in [0.2, 0.25) is 0 Å². The van der Waals surface area contributed by atoms with Gasteiger partial charge in [-0.25, -0.2) is 4.79 Å². The number of carboxylic acids is 1. The number of nitrogens with zero attached hydrogens (tertiary/aromatic N) is 2. The molecule has 2 N–H and O–H groups in total. The first-order valence-electron chi connectivity index (χ1n) is 7.00. The van der Waals surface area contributed by atoms with Gasteiger partial charge in [0.05, 0.1) is 6.61 Å². The lowest BCUT2D eigenvalue weighted by atomic mass is 9.95. The fourth-order valence-electron chi connectivity index (χ4n) is 2.76. The van der Waals surface area contributed by atoms with Crippen molar-refractivity contribution in [3.05, 3.63) is 0 Å². The van der Waals surface area contributed by atoms with Gasteiger partial charge >= 0.3 is 12.0 Å². The van der Waals surface area contributed by atoms with Crippen molar-refractivity contribution in [2.75, 3.05) is 26.2 Å². The zero-order valence-electron chi connectivity index (χ0n) is 11.1. The minimum absolute atomic E-state index is 0.0192. The molecule has 2 rings (SSSR count). The second-order valence-corrected chi connectivity index (χ2v) is 5.48. The molecule has 1 unspecified atom stereocenters. The molecule has 0 radical (unpaired) electrons. The maximum absolute atomic E-state index is 12.4. The molecule has 0 aromatic rings. The zero-order chi connectivity index (χ0) is 13.8. The van der Waals surface area contributed by atoms with Crippen molar-refractivity contribution in [3.8, 4) is 0 Å². The molecule has 1 aliphatic carbocycles. The zero-order valence-corrected chi connectivity index (χ0v) is 11.1. The van der Waals surface area contributed by atoms with Crippen LogP contribution in [0.5, 0.6) is 0 Å². The van der Waals surface area contributed by atoms with E-state index in [-0.39, 0.29) is 31.0 Å². The number of carbonyl (C=O) groups is 2. The Morgan fingerprint density at radius 1 is 1.26 bits per heavy atom. The highest BCUT2D eigenvalue weighted by atomic mass is 16.4. The van der Waals surface area contributed by atoms with Crippen LogP contribution in [0.4, 0.5) is 4.79 Å². The summed E-state index contributed by atoms with van der Waals surface area (Å²) in [6.45, 7) is 1.58. The van der Waals surface area contributed by atoms with Crippen LogP contribution in [0, 0.1) is 5.92 Å². The van der Waals surface area contributed by atoms with Crippen LogP contribution >= 0.6 is 0 Å². The lowest BCUT2D eigenvalue weighted by Crippen LogP contribution is -2.49. The average Bonchev–Trinajstić information content (AvgIpc) is 3.19. The van der Waals surface area contributed by atoms with Gasteiger partial charge in [-0.2, -0.15) is 0 Å². The van der Waals surface area contributed by atoms with Gasteiger partial charge < -0.3 is 20.0 Å². The van der Waals surface area contributed by atoms with Gasteiger partial charge in [0.1, 0.15) is 0 Å². The summed E-state index contributed by atoms with van der Waals surface area (Å²) in [5.74, 6) is -0.737. The maximum Gasteiger partial charge on any atom is 0.320 e. The van der Waals surface area contributed by atoms with Gasteiger partial charge in [0, 0.05) is 32.1 Å². The molecule has 1 atom stereocenters. The number of hydrogen-bond donors (Lipinski definition) is 2. The number of aliphatic carboxylic acids is 1. The SMILES string of the molecule is O=C(O)CC1CCCN(C(=O)N(CCO)C2CC2)C1. The van der Waals surface area contributed by atoms with Crippen LogP contribution in [-0.4, -0.2) is 64.3 Å². The molecule has 0 bridgehead atoms. The van der Waals surface area contributed by atoms with Crippen molar-refractivity contribution in [3.63, 3.8) is 0 Å². The molecule has 2 aliphatic rings. The van der Waals surface area contributed by atoms with E-state index in [1.54, 1.807) is 9.80 Å². The summed E-state index contributed by atoms with van der Waals surface area (Å²) in [7, 11) is 0. The van der Waals surface area contributed by atoms with E-state index in [9.17, 15) is 9.59 Å². The van der Waals surface area contributed by atoms with E-state index in [1.165, 1.54) is 0 Å². The third kappa shape index (κ3) is 3.83. The highest BCUT2D eigenvalue weighted by molar-refractivity contribution is 5.75. The van der Waals surface area contributed by atoms with Crippen molar-refractivity contribution < 1.29 is 19.8 Å². The molecule has 1 aliphatic heterocycles. The number of urea groups is 1. The number of aliphatic hydroxyl groups is 1. The van der Waals surface area contributed by atoms with Crippen molar-refractivity contribution in [1.29, 1.82) is 0 Å². The van der Waals surface area contributed by atoms with Gasteiger partial charge in [-0.05, 0) is 31.6 Å². The van der Waals surface area contributed by atoms with Gasteiger partial charge in [-0.3, -0.25) is 4.79 Å². The molecule has 1 saturated carbocycles. The number of amides is 2. The first-order valence-corrected chi connectivity index (χ1v) is 7.00. The van der Waals surface area contributed by atoms with Gasteiger partial charge in [-0.1, -0.05) is 0 Å². The number of aliphatic hydroxyl groups excluding tert-OH is 1. The first kappa shape index (κ1) is 14.1. The van der Waals surface area contributed by atoms with E-state index in [4.69, 9.17) is 10.2 Å². The summed E-state index contributed by atoms with van der Waals surface area (Å²) >= 11 is 0. The molecular formula is C13H22N2O4. The maximum atomic E-state index is 12.4. The fraction of sp³-hybridized carbons (Fsp3) is 0.846. The lowest BCUT2D eigenvalue weighted by Gasteiger charge is -2.36. The van der Waals surface area contributed by atoms with Crippen LogP contribution in [0.15, 0.2) is 0 Å². The summed E-state index contributed by atoms with van der Waals surface area (Å²) in [5, 5.41) is 17.9. The molecule has 108 valence electrons. The summed E-state index contributed by atoms with van der Waals surface area (Å²) in [4.78, 5) is 26.6. The standard InChI is InChI=1S/C13H22N2O4/c16-7-6-15(11-3-4-11)13(19)14-5-1-2-10(9-14)8-12(17)18/h10-11,16H,1-9H2,(H,17,18). The molecule has 2 amide bonds. The van der Waals surface area contributed by atoms with E-state index >= 15 is 0 Å². The van der Waals surface area contributed by atoms with E-state index in [1.807, 2.05) is 0 Å². The third-order valence-corrected chi connectivity index (χ3v) is 3.83. The molecule has 6 nitrogen and oxygen atoms in total. The lowest BCUT2D eigenvalue weighted by molar-refractivity contribution is -0.138. The minimum atomic E-state index is -0.797. The predicted octanol–water partition coefficient (Wildman–Crippen LogP) is 0.750. The Hall–Kier alpha value is -1.30. The quantitative estimate of drug-likeness (QED) is 0.772. The monoisotopic (exact) mass is 270 g/mol. The molecule has 2 fully saturated rings. The fourth-order valence-corrected chi connectivity index (χ4v) is 2.76. The minimum Gasteiger partial charge on any atom is -0.481 e. The molecule has 19 heavy (non-hydrogen) atoms. The summed E-state index contributed by atoms with van der Waals surface area (Å²) in [5.41, 5.74) is 0. The van der Waals surface area contributed by atoms with E-state index in [0.29, 0.717) is 19.6 Å². The number of carbonyl (C=O) groups excluding carboxylic acids is 1. The smallest absolute Gasteiger partial charge is 0.320 e. The van der Waals surface area contributed by atoms with Crippen molar-refractivity contribution in [2.45, 2.75) is 38.1 Å². The van der Waals surface area contributed by atoms with E-state index in [0.717, 1.165) is 25.7 Å². The van der Waals surface area contributed by atoms with Crippen molar-refractivity contribution >= 4 is 12.0 Å². The Bertz CT molecular complexity index is 344. The van der Waals surface area contributed by atoms with Gasteiger partial charge in [0.25, 0.3) is 0 Å². The molecule has 6 heteroatoms. The Morgan fingerprint density at radius 3 is 2.58 bits per heavy atom. The third-order valence-electron chi connectivity index (χ3n) is 3.83. The number of likely N-dealkylation sites (tertiary alicyclic amines) is 1. The number of piperidine rings is 1. The highest BCUT2D eigenvalue weighted by Gasteiger charge is 2.36. The summed E-state index contributed by atoms with van der Waals surface area (Å²) in [6, 6.07) is 0.242. The van der Waals surface area contributed by atoms with Crippen LogP contribution in [0.3, 0.4) is 0 Å². The highest BCUT2D eigenvalue weighted by Crippen LogP contribution is 2.29. The van der Waals surface area contributed by atoms with Crippen LogP contribution in [0.1, 0.15) is 32.1 Å². The van der Waals surface area contributed by atoms with Crippen LogP contribution < -0.4 is 0 Å². The van der Waals surface area contributed by atoms with Gasteiger partial charge in [0.2, 0.25) is 0 Å². The Labute approximate surface area is 113 Å². The van der Waals surface area contributed by atoms with Crippen molar-refractivity contribution in [2.24, 2.45) is 5.92 Å². The number of hydrogen-bond acceptors (Lipinski definition) is 3. The molecule has 1 saturated heterocycles. The number of rotatable bonds is 5. The van der Waals surface area contributed by atoms with Crippen molar-refractivity contribution in [1.82, 2.24) is 9.80 Å². The Kier molecular flexibility index (Phi) is 4.63. The average molecular weight is 270 g/mol. The second kappa shape index (κ2) is 6.23. The number of carboxylic acid groups (broad SMARTS) is 1. The Balaban J connectivity index is 1.91.